The SMILES string of the molecule is CC(=O)N(Cl)c1cccc2c1C(=O)c1cccc(N(Cl)C(C)=O)c1C2=O. The minimum absolute atomic E-state index is 0.0382. The van der Waals surface area contributed by atoms with E-state index in [0.29, 0.717) is 0 Å². The summed E-state index contributed by atoms with van der Waals surface area (Å²) in [6.07, 6.45) is 0. The van der Waals surface area contributed by atoms with E-state index in [2.05, 4.69) is 0 Å². The fourth-order valence-electron chi connectivity index (χ4n) is 2.87. The monoisotopic (exact) mass is 390 g/mol. The van der Waals surface area contributed by atoms with E-state index >= 15 is 0 Å². The second kappa shape index (κ2) is 6.55. The van der Waals surface area contributed by atoms with Crippen molar-refractivity contribution in [3.8, 4) is 0 Å². The molecule has 0 saturated carbocycles. The van der Waals surface area contributed by atoms with Gasteiger partial charge in [0.15, 0.2) is 11.6 Å². The first-order valence-corrected chi connectivity index (χ1v) is 8.21. The fourth-order valence-corrected chi connectivity index (χ4v) is 3.15. The number of carbonyl (C=O) groups excluding carboxylic acids is 4. The maximum atomic E-state index is 13.1. The smallest absolute Gasteiger partial charge is 0.238 e. The minimum Gasteiger partial charge on any atom is -0.288 e. The molecule has 0 aliphatic heterocycles. The summed E-state index contributed by atoms with van der Waals surface area (Å²) in [5.41, 5.74) is 0.509. The summed E-state index contributed by atoms with van der Waals surface area (Å²) in [7, 11) is 0. The summed E-state index contributed by atoms with van der Waals surface area (Å²) in [4.78, 5) is 49.3. The number of ketones is 2. The van der Waals surface area contributed by atoms with Gasteiger partial charge in [0.05, 0.1) is 22.5 Å². The van der Waals surface area contributed by atoms with Crippen LogP contribution < -0.4 is 8.84 Å². The van der Waals surface area contributed by atoms with Crippen LogP contribution in [-0.2, 0) is 9.59 Å². The molecule has 8 heteroatoms. The van der Waals surface area contributed by atoms with E-state index in [9.17, 15) is 19.2 Å². The van der Waals surface area contributed by atoms with Gasteiger partial charge in [0.25, 0.3) is 0 Å². The number of fused-ring (bicyclic) bond motifs is 2. The van der Waals surface area contributed by atoms with Gasteiger partial charge in [-0.1, -0.05) is 24.3 Å². The van der Waals surface area contributed by atoms with Crippen molar-refractivity contribution in [2.24, 2.45) is 0 Å². The van der Waals surface area contributed by atoms with Crippen molar-refractivity contribution in [2.75, 3.05) is 8.84 Å². The number of carbonyl (C=O) groups is 4. The Kier molecular flexibility index (Phi) is 4.56. The predicted octanol–water partition coefficient (Wildman–Crippen LogP) is 3.48. The lowest BCUT2D eigenvalue weighted by Gasteiger charge is -2.25. The van der Waals surface area contributed by atoms with Crippen molar-refractivity contribution in [3.63, 3.8) is 0 Å². The Morgan fingerprint density at radius 3 is 1.38 bits per heavy atom. The van der Waals surface area contributed by atoms with Crippen LogP contribution in [0.2, 0.25) is 0 Å². The zero-order valence-corrected chi connectivity index (χ0v) is 15.3. The van der Waals surface area contributed by atoms with Crippen LogP contribution in [0.5, 0.6) is 0 Å². The lowest BCUT2D eigenvalue weighted by molar-refractivity contribution is -0.116. The number of nitrogens with zero attached hydrogens (tertiary/aromatic N) is 2. The van der Waals surface area contributed by atoms with Gasteiger partial charge in [-0.25, -0.2) is 8.84 Å². The molecule has 3 rings (SSSR count). The molecule has 0 spiro atoms. The molecule has 132 valence electrons. The van der Waals surface area contributed by atoms with Gasteiger partial charge in [-0.05, 0) is 12.1 Å². The predicted molar refractivity (Wildman–Crippen MR) is 97.8 cm³/mol. The standard InChI is InChI=1S/C18H12Cl2N2O4/c1-9(23)21(19)13-7-3-5-11-15(13)17(25)12-6-4-8-14(16(12)18(11)26)22(20)10(2)24/h3-8H,1-2H3. The van der Waals surface area contributed by atoms with Gasteiger partial charge in [-0.2, -0.15) is 0 Å². The maximum Gasteiger partial charge on any atom is 0.238 e. The van der Waals surface area contributed by atoms with Gasteiger partial charge in [-0.15, -0.1) is 0 Å². The van der Waals surface area contributed by atoms with Crippen LogP contribution in [-0.4, -0.2) is 23.4 Å². The molecule has 2 amide bonds. The van der Waals surface area contributed by atoms with Crippen molar-refractivity contribution in [1.29, 1.82) is 0 Å². The molecule has 0 N–H and O–H groups in total. The van der Waals surface area contributed by atoms with Gasteiger partial charge < -0.3 is 0 Å². The number of hydrogen-bond donors (Lipinski definition) is 0. The van der Waals surface area contributed by atoms with Gasteiger partial charge in [0.2, 0.25) is 11.8 Å². The second-order valence-electron chi connectivity index (χ2n) is 5.66. The summed E-state index contributed by atoms with van der Waals surface area (Å²) in [6.45, 7) is 2.48. The average molecular weight is 391 g/mol. The average Bonchev–Trinajstić information content (AvgIpc) is 2.63. The summed E-state index contributed by atoms with van der Waals surface area (Å²) in [5, 5.41) is 0. The van der Waals surface area contributed by atoms with Gasteiger partial charge in [0, 0.05) is 48.5 Å². The van der Waals surface area contributed by atoms with Crippen LogP contribution in [0.3, 0.4) is 0 Å². The Labute approximate surface area is 159 Å². The summed E-state index contributed by atoms with van der Waals surface area (Å²) < 4.78 is 1.59. The maximum absolute atomic E-state index is 13.1. The third-order valence-corrected chi connectivity index (χ3v) is 4.84. The van der Waals surface area contributed by atoms with E-state index in [-0.39, 0.29) is 33.6 Å². The summed E-state index contributed by atoms with van der Waals surface area (Å²) in [6, 6.07) is 8.95. The molecule has 0 radical (unpaired) electrons. The molecular weight excluding hydrogens is 379 g/mol. The van der Waals surface area contributed by atoms with Crippen LogP contribution in [0.15, 0.2) is 36.4 Å². The molecule has 0 unspecified atom stereocenters. The van der Waals surface area contributed by atoms with Crippen LogP contribution in [0.1, 0.15) is 45.7 Å². The molecule has 0 heterocycles. The highest BCUT2D eigenvalue weighted by Crippen LogP contribution is 2.38. The largest absolute Gasteiger partial charge is 0.288 e. The number of benzene rings is 2. The van der Waals surface area contributed by atoms with Crippen LogP contribution in [0.25, 0.3) is 0 Å². The minimum atomic E-state index is -0.497. The van der Waals surface area contributed by atoms with Gasteiger partial charge >= 0.3 is 0 Å². The first-order chi connectivity index (χ1) is 12.3. The topological polar surface area (TPSA) is 74.8 Å². The van der Waals surface area contributed by atoms with Crippen molar-refractivity contribution in [3.05, 3.63) is 58.7 Å². The first-order valence-electron chi connectivity index (χ1n) is 7.54. The number of halogens is 2. The highest BCUT2D eigenvalue weighted by atomic mass is 35.5. The summed E-state index contributed by atoms with van der Waals surface area (Å²) >= 11 is 12.0. The van der Waals surface area contributed by atoms with E-state index in [1.165, 1.54) is 50.2 Å². The van der Waals surface area contributed by atoms with Crippen LogP contribution in [0.4, 0.5) is 11.4 Å². The molecule has 2 aromatic rings. The molecule has 1 aliphatic carbocycles. The highest BCUT2D eigenvalue weighted by Gasteiger charge is 2.36. The third-order valence-electron chi connectivity index (χ3n) is 4.00. The Hall–Kier alpha value is -2.70. The Balaban J connectivity index is 2.28. The number of anilines is 2. The molecule has 0 fully saturated rings. The van der Waals surface area contributed by atoms with E-state index in [1.54, 1.807) is 0 Å². The number of hydrogen-bond acceptors (Lipinski definition) is 4. The van der Waals surface area contributed by atoms with E-state index < -0.39 is 23.4 Å². The molecule has 0 saturated heterocycles. The molecule has 26 heavy (non-hydrogen) atoms. The normalized spacial score (nSPS) is 12.3. The van der Waals surface area contributed by atoms with Gasteiger partial charge in [-0.3, -0.25) is 19.2 Å². The van der Waals surface area contributed by atoms with Crippen LogP contribution >= 0.6 is 23.6 Å². The number of rotatable bonds is 2. The van der Waals surface area contributed by atoms with E-state index in [0.717, 1.165) is 8.84 Å². The third kappa shape index (κ3) is 2.67. The molecule has 0 bridgehead atoms. The summed E-state index contributed by atoms with van der Waals surface area (Å²) in [5.74, 6) is -1.95. The van der Waals surface area contributed by atoms with E-state index in [4.69, 9.17) is 23.6 Å². The van der Waals surface area contributed by atoms with Crippen molar-refractivity contribution in [1.82, 2.24) is 0 Å². The Bertz CT molecular complexity index is 908. The molecule has 1 aliphatic rings. The number of amides is 2. The highest BCUT2D eigenvalue weighted by molar-refractivity contribution is 6.41. The lowest BCUT2D eigenvalue weighted by atomic mass is 9.82. The molecular formula is C18H12Cl2N2O4. The molecule has 0 atom stereocenters. The van der Waals surface area contributed by atoms with Crippen molar-refractivity contribution >= 4 is 58.3 Å². The van der Waals surface area contributed by atoms with Crippen molar-refractivity contribution in [2.45, 2.75) is 13.8 Å². The zero-order chi connectivity index (χ0) is 19.2. The Morgan fingerprint density at radius 1 is 0.731 bits per heavy atom. The van der Waals surface area contributed by atoms with Crippen LogP contribution in [0, 0.1) is 0 Å². The lowest BCUT2D eigenvalue weighted by Crippen LogP contribution is -2.28. The Morgan fingerprint density at radius 2 is 1.08 bits per heavy atom. The fraction of sp³-hybridized carbons (Fsp3) is 0.111. The van der Waals surface area contributed by atoms with Gasteiger partial charge in [0.1, 0.15) is 0 Å². The molecule has 0 aromatic heterocycles. The van der Waals surface area contributed by atoms with Crippen molar-refractivity contribution < 1.29 is 19.2 Å². The zero-order valence-electron chi connectivity index (χ0n) is 13.7. The first kappa shape index (κ1) is 18.1. The molecule has 6 nitrogen and oxygen atoms in total. The quantitative estimate of drug-likeness (QED) is 0.627. The molecule has 2 aromatic carbocycles. The van der Waals surface area contributed by atoms with E-state index in [1.807, 2.05) is 0 Å². The second-order valence-corrected chi connectivity index (χ2v) is 6.33.